The third-order valence-corrected chi connectivity index (χ3v) is 4.95. The highest BCUT2D eigenvalue weighted by atomic mass is 19.1. The summed E-state index contributed by atoms with van der Waals surface area (Å²) < 4.78 is 15.8. The average Bonchev–Trinajstić information content (AvgIpc) is 2.94. The summed E-state index contributed by atoms with van der Waals surface area (Å²) in [5, 5.41) is 3.69. The van der Waals surface area contributed by atoms with Crippen LogP contribution < -0.4 is 5.32 Å². The van der Waals surface area contributed by atoms with Gasteiger partial charge in [-0.1, -0.05) is 31.4 Å². The topological polar surface area (TPSA) is 42.2 Å². The van der Waals surface area contributed by atoms with Crippen molar-refractivity contribution >= 4 is 11.6 Å². The zero-order valence-electron chi connectivity index (χ0n) is 14.7. The normalized spacial score (nSPS) is 15.6. The van der Waals surface area contributed by atoms with Gasteiger partial charge in [-0.05, 0) is 44.9 Å². The summed E-state index contributed by atoms with van der Waals surface area (Å²) in [7, 11) is 0. The van der Waals surface area contributed by atoms with E-state index in [1.807, 2.05) is 13.0 Å². The van der Waals surface area contributed by atoms with Crippen LogP contribution in [-0.2, 0) is 0 Å². The van der Waals surface area contributed by atoms with Crippen molar-refractivity contribution in [2.75, 3.05) is 5.32 Å². The van der Waals surface area contributed by atoms with E-state index in [0.717, 1.165) is 41.3 Å². The Bertz CT molecular complexity index is 909. The van der Waals surface area contributed by atoms with Crippen LogP contribution in [0.3, 0.4) is 0 Å². The molecule has 4 nitrogen and oxygen atoms in total. The summed E-state index contributed by atoms with van der Waals surface area (Å²) in [5.74, 6) is 1.34. The zero-order valence-corrected chi connectivity index (χ0v) is 14.7. The number of benzene rings is 1. The van der Waals surface area contributed by atoms with Crippen molar-refractivity contribution < 1.29 is 4.39 Å². The standard InChI is InChI=1S/C20H23FN4/c1-13-11-14(2)25-19(23-17-9-4-3-5-10-17)18(24-20(25)22-13)15-7-6-8-16(21)12-15/h6-8,11-12,17,23H,3-5,9-10H2,1-2H3. The number of nitrogens with one attached hydrogen (secondary N) is 1. The Morgan fingerprint density at radius 2 is 1.88 bits per heavy atom. The fourth-order valence-electron chi connectivity index (χ4n) is 3.79. The van der Waals surface area contributed by atoms with E-state index in [1.165, 1.54) is 31.4 Å². The first-order valence-corrected chi connectivity index (χ1v) is 9.01. The van der Waals surface area contributed by atoms with Crippen LogP contribution in [0.4, 0.5) is 10.2 Å². The van der Waals surface area contributed by atoms with Gasteiger partial charge in [0.15, 0.2) is 0 Å². The molecule has 0 unspecified atom stereocenters. The Balaban J connectivity index is 1.88. The maximum Gasteiger partial charge on any atom is 0.236 e. The highest BCUT2D eigenvalue weighted by Gasteiger charge is 2.21. The van der Waals surface area contributed by atoms with Crippen LogP contribution in [0.5, 0.6) is 0 Å². The fraction of sp³-hybridized carbons (Fsp3) is 0.400. The van der Waals surface area contributed by atoms with Gasteiger partial charge in [-0.2, -0.15) is 0 Å². The van der Waals surface area contributed by atoms with Crippen LogP contribution in [0.1, 0.15) is 43.5 Å². The molecular weight excluding hydrogens is 315 g/mol. The third kappa shape index (κ3) is 3.11. The minimum Gasteiger partial charge on any atom is -0.367 e. The number of aromatic nitrogens is 3. The lowest BCUT2D eigenvalue weighted by Gasteiger charge is -2.24. The van der Waals surface area contributed by atoms with Crippen LogP contribution in [0.25, 0.3) is 17.0 Å². The van der Waals surface area contributed by atoms with Gasteiger partial charge in [0.05, 0.1) is 0 Å². The molecule has 1 aromatic carbocycles. The summed E-state index contributed by atoms with van der Waals surface area (Å²) in [6.07, 6.45) is 6.13. The second kappa shape index (κ2) is 6.47. The fourth-order valence-corrected chi connectivity index (χ4v) is 3.79. The molecule has 5 heteroatoms. The molecule has 130 valence electrons. The molecule has 1 saturated carbocycles. The van der Waals surface area contributed by atoms with Gasteiger partial charge >= 0.3 is 0 Å². The number of aryl methyl sites for hydroxylation is 2. The number of halogens is 1. The van der Waals surface area contributed by atoms with Crippen molar-refractivity contribution in [2.24, 2.45) is 0 Å². The minimum atomic E-state index is -0.251. The zero-order chi connectivity index (χ0) is 17.4. The van der Waals surface area contributed by atoms with Crippen LogP contribution in [0, 0.1) is 19.7 Å². The van der Waals surface area contributed by atoms with E-state index in [-0.39, 0.29) is 5.82 Å². The van der Waals surface area contributed by atoms with Crippen molar-refractivity contribution in [3.05, 3.63) is 47.5 Å². The van der Waals surface area contributed by atoms with E-state index in [1.54, 1.807) is 6.07 Å². The molecule has 1 fully saturated rings. The van der Waals surface area contributed by atoms with Crippen molar-refractivity contribution in [3.63, 3.8) is 0 Å². The molecule has 0 radical (unpaired) electrons. The molecule has 0 amide bonds. The van der Waals surface area contributed by atoms with Crippen LogP contribution in [-0.4, -0.2) is 20.4 Å². The number of anilines is 1. The van der Waals surface area contributed by atoms with Gasteiger partial charge < -0.3 is 5.32 Å². The molecule has 25 heavy (non-hydrogen) atoms. The Hall–Kier alpha value is -2.43. The lowest BCUT2D eigenvalue weighted by molar-refractivity contribution is 0.461. The summed E-state index contributed by atoms with van der Waals surface area (Å²) in [5.41, 5.74) is 3.56. The van der Waals surface area contributed by atoms with Gasteiger partial charge in [0, 0.05) is 23.0 Å². The van der Waals surface area contributed by atoms with E-state index < -0.39 is 0 Å². The molecule has 1 aliphatic carbocycles. The highest BCUT2D eigenvalue weighted by Crippen LogP contribution is 2.32. The van der Waals surface area contributed by atoms with Crippen molar-refractivity contribution in [2.45, 2.75) is 52.0 Å². The maximum atomic E-state index is 13.8. The smallest absolute Gasteiger partial charge is 0.236 e. The van der Waals surface area contributed by atoms with E-state index in [2.05, 4.69) is 27.7 Å². The molecule has 0 bridgehead atoms. The molecule has 2 heterocycles. The predicted molar refractivity (Wildman–Crippen MR) is 98.4 cm³/mol. The summed E-state index contributed by atoms with van der Waals surface area (Å²) >= 11 is 0. The van der Waals surface area contributed by atoms with E-state index in [4.69, 9.17) is 4.98 Å². The van der Waals surface area contributed by atoms with Gasteiger partial charge in [0.25, 0.3) is 0 Å². The minimum absolute atomic E-state index is 0.251. The first-order valence-electron chi connectivity index (χ1n) is 9.01. The largest absolute Gasteiger partial charge is 0.367 e. The lowest BCUT2D eigenvalue weighted by Crippen LogP contribution is -2.23. The van der Waals surface area contributed by atoms with Crippen LogP contribution in [0.15, 0.2) is 30.3 Å². The Morgan fingerprint density at radius 1 is 1.08 bits per heavy atom. The highest BCUT2D eigenvalue weighted by molar-refractivity contribution is 5.76. The third-order valence-electron chi connectivity index (χ3n) is 4.95. The molecule has 0 spiro atoms. The summed E-state index contributed by atoms with van der Waals surface area (Å²) in [4.78, 5) is 9.31. The molecule has 3 aromatic rings. The SMILES string of the molecule is Cc1cc(C)n2c(NC3CCCCC3)c(-c3cccc(F)c3)nc2n1. The van der Waals surface area contributed by atoms with Gasteiger partial charge in [-0.25, -0.2) is 14.4 Å². The Labute approximate surface area is 147 Å². The van der Waals surface area contributed by atoms with Crippen molar-refractivity contribution in [1.29, 1.82) is 0 Å². The van der Waals surface area contributed by atoms with Gasteiger partial charge in [-0.3, -0.25) is 4.40 Å². The quantitative estimate of drug-likeness (QED) is 0.739. The van der Waals surface area contributed by atoms with Crippen LogP contribution in [0.2, 0.25) is 0 Å². The summed E-state index contributed by atoms with van der Waals surface area (Å²) in [6, 6.07) is 9.11. The number of hydrogen-bond donors (Lipinski definition) is 1. The Morgan fingerprint density at radius 3 is 2.64 bits per heavy atom. The molecule has 0 atom stereocenters. The van der Waals surface area contributed by atoms with Crippen molar-refractivity contribution in [3.8, 4) is 11.3 Å². The number of hydrogen-bond acceptors (Lipinski definition) is 3. The first-order chi connectivity index (χ1) is 12.1. The number of rotatable bonds is 3. The molecule has 0 saturated heterocycles. The van der Waals surface area contributed by atoms with Crippen LogP contribution >= 0.6 is 0 Å². The summed E-state index contributed by atoms with van der Waals surface area (Å²) in [6.45, 7) is 4.03. The van der Waals surface area contributed by atoms with Gasteiger partial charge in [-0.15, -0.1) is 0 Å². The molecule has 1 aliphatic rings. The molecular formula is C20H23FN4. The lowest BCUT2D eigenvalue weighted by atomic mass is 9.95. The maximum absolute atomic E-state index is 13.8. The van der Waals surface area contributed by atoms with E-state index >= 15 is 0 Å². The number of nitrogens with zero attached hydrogens (tertiary/aromatic N) is 3. The van der Waals surface area contributed by atoms with E-state index in [9.17, 15) is 4.39 Å². The average molecular weight is 338 g/mol. The number of fused-ring (bicyclic) bond motifs is 1. The molecule has 0 aliphatic heterocycles. The first kappa shape index (κ1) is 16.1. The molecule has 4 rings (SSSR count). The van der Waals surface area contributed by atoms with Gasteiger partial charge in [0.1, 0.15) is 17.3 Å². The second-order valence-electron chi connectivity index (χ2n) is 6.97. The molecule has 2 aromatic heterocycles. The van der Waals surface area contributed by atoms with Gasteiger partial charge in [0.2, 0.25) is 5.78 Å². The molecule has 1 N–H and O–H groups in total. The van der Waals surface area contributed by atoms with Crippen molar-refractivity contribution in [1.82, 2.24) is 14.4 Å². The van der Waals surface area contributed by atoms with E-state index in [0.29, 0.717) is 11.8 Å². The monoisotopic (exact) mass is 338 g/mol. The Kier molecular flexibility index (Phi) is 4.15. The number of imidazole rings is 1. The predicted octanol–water partition coefficient (Wildman–Crippen LogP) is 4.90. The second-order valence-corrected chi connectivity index (χ2v) is 6.97.